The molecule has 0 aliphatic carbocycles. The summed E-state index contributed by atoms with van der Waals surface area (Å²) in [5, 5.41) is 7.03. The number of para-hydroxylation sites is 1. The predicted octanol–water partition coefficient (Wildman–Crippen LogP) is 2.97. The molecular formula is C11H7ClF3N3O. The highest BCUT2D eigenvalue weighted by Crippen LogP contribution is 2.25. The second-order valence-electron chi connectivity index (χ2n) is 3.78. The maximum atomic E-state index is 12.3. The number of hydrogen-bond donors (Lipinski definition) is 0. The van der Waals surface area contributed by atoms with E-state index in [0.717, 1.165) is 10.9 Å². The van der Waals surface area contributed by atoms with Crippen molar-refractivity contribution in [3.8, 4) is 5.69 Å². The molecule has 19 heavy (non-hydrogen) atoms. The first kappa shape index (κ1) is 13.5. The van der Waals surface area contributed by atoms with Gasteiger partial charge in [0.1, 0.15) is 0 Å². The molecule has 0 amide bonds. The fourth-order valence-corrected chi connectivity index (χ4v) is 1.84. The predicted molar refractivity (Wildman–Crippen MR) is 61.5 cm³/mol. The lowest BCUT2D eigenvalue weighted by Gasteiger charge is -2.06. The van der Waals surface area contributed by atoms with Crippen LogP contribution < -0.4 is 0 Å². The molecule has 0 unspecified atom stereocenters. The van der Waals surface area contributed by atoms with Crippen molar-refractivity contribution in [3.05, 3.63) is 40.7 Å². The number of benzene rings is 1. The van der Waals surface area contributed by atoms with Gasteiger partial charge in [0.15, 0.2) is 5.69 Å². The van der Waals surface area contributed by atoms with E-state index < -0.39 is 17.7 Å². The molecule has 4 nitrogen and oxygen atoms in total. The van der Waals surface area contributed by atoms with E-state index >= 15 is 0 Å². The molecule has 1 aromatic heterocycles. The first-order valence-corrected chi connectivity index (χ1v) is 5.48. The van der Waals surface area contributed by atoms with Gasteiger partial charge in [-0.2, -0.15) is 13.2 Å². The Morgan fingerprint density at radius 1 is 1.37 bits per heavy atom. The van der Waals surface area contributed by atoms with Crippen molar-refractivity contribution < 1.29 is 18.0 Å². The summed E-state index contributed by atoms with van der Waals surface area (Å²) in [5.74, 6) is -2.04. The number of rotatable bonds is 2. The summed E-state index contributed by atoms with van der Waals surface area (Å²) in [7, 11) is 0. The van der Waals surface area contributed by atoms with Gasteiger partial charge in [-0.3, -0.25) is 4.79 Å². The monoisotopic (exact) mass is 289 g/mol. The van der Waals surface area contributed by atoms with Crippen LogP contribution in [0.5, 0.6) is 0 Å². The highest BCUT2D eigenvalue weighted by atomic mass is 35.5. The second kappa shape index (κ2) is 4.65. The molecule has 0 saturated heterocycles. The first-order chi connectivity index (χ1) is 8.80. The molecule has 0 bridgehead atoms. The molecule has 0 N–H and O–H groups in total. The lowest BCUT2D eigenvalue weighted by molar-refractivity contribution is -0.0888. The number of hydrogen-bond acceptors (Lipinski definition) is 3. The third kappa shape index (κ3) is 2.60. The number of aryl methyl sites for hydroxylation is 1. The fourth-order valence-electron chi connectivity index (χ4n) is 1.54. The number of alkyl halides is 3. The van der Waals surface area contributed by atoms with E-state index in [0.29, 0.717) is 16.3 Å². The second-order valence-corrected chi connectivity index (χ2v) is 4.19. The Morgan fingerprint density at radius 3 is 2.63 bits per heavy atom. The summed E-state index contributed by atoms with van der Waals surface area (Å²) in [6.45, 7) is 1.72. The van der Waals surface area contributed by atoms with Crippen molar-refractivity contribution in [2.45, 2.75) is 13.1 Å². The Balaban J connectivity index is 2.45. The van der Waals surface area contributed by atoms with Crippen LogP contribution in [0.15, 0.2) is 24.4 Å². The molecule has 1 heterocycles. The van der Waals surface area contributed by atoms with E-state index in [1.165, 1.54) is 0 Å². The number of halogens is 4. The Kier molecular flexibility index (Phi) is 3.32. The third-order valence-electron chi connectivity index (χ3n) is 2.40. The van der Waals surface area contributed by atoms with Crippen LogP contribution in [0.1, 0.15) is 16.1 Å². The highest BCUT2D eigenvalue weighted by Gasteiger charge is 2.41. The Labute approximate surface area is 110 Å². The average Bonchev–Trinajstić information content (AvgIpc) is 2.75. The topological polar surface area (TPSA) is 47.8 Å². The zero-order valence-electron chi connectivity index (χ0n) is 9.57. The molecule has 1 aromatic carbocycles. The molecule has 0 spiro atoms. The van der Waals surface area contributed by atoms with E-state index in [-0.39, 0.29) is 0 Å². The lowest BCUT2D eigenvalue weighted by atomic mass is 10.2. The molecule has 100 valence electrons. The minimum Gasteiger partial charge on any atom is -0.282 e. The third-order valence-corrected chi connectivity index (χ3v) is 2.71. The lowest BCUT2D eigenvalue weighted by Crippen LogP contribution is -2.23. The van der Waals surface area contributed by atoms with Crippen LogP contribution in [-0.4, -0.2) is 27.0 Å². The highest BCUT2D eigenvalue weighted by molar-refractivity contribution is 6.32. The smallest absolute Gasteiger partial charge is 0.282 e. The Morgan fingerprint density at radius 2 is 2.05 bits per heavy atom. The van der Waals surface area contributed by atoms with E-state index in [1.54, 1.807) is 25.1 Å². The van der Waals surface area contributed by atoms with Gasteiger partial charge in [-0.05, 0) is 18.6 Å². The molecule has 0 saturated carbocycles. The van der Waals surface area contributed by atoms with Crippen LogP contribution in [0, 0.1) is 6.92 Å². The van der Waals surface area contributed by atoms with Gasteiger partial charge in [0.25, 0.3) is 5.78 Å². The van der Waals surface area contributed by atoms with Gasteiger partial charge in [-0.1, -0.05) is 28.9 Å². The van der Waals surface area contributed by atoms with Gasteiger partial charge in [-0.15, -0.1) is 5.10 Å². The number of nitrogens with zero attached hydrogens (tertiary/aromatic N) is 3. The number of Topliss-reactive ketones (excluding diaryl/α,β-unsaturated/α-hetero) is 1. The van der Waals surface area contributed by atoms with E-state index in [1.807, 2.05) is 0 Å². The van der Waals surface area contributed by atoms with Gasteiger partial charge in [0.05, 0.1) is 16.9 Å². The van der Waals surface area contributed by atoms with Crippen LogP contribution in [0.25, 0.3) is 5.69 Å². The minimum absolute atomic E-state index is 0.302. The van der Waals surface area contributed by atoms with Crippen molar-refractivity contribution >= 4 is 17.4 Å². The van der Waals surface area contributed by atoms with Crippen molar-refractivity contribution in [1.29, 1.82) is 0 Å². The molecular weight excluding hydrogens is 283 g/mol. The zero-order valence-corrected chi connectivity index (χ0v) is 10.3. The fraction of sp³-hybridized carbons (Fsp3) is 0.182. The Hall–Kier alpha value is -1.89. The number of aromatic nitrogens is 3. The molecule has 0 aliphatic heterocycles. The number of ketones is 1. The van der Waals surface area contributed by atoms with E-state index in [2.05, 4.69) is 10.3 Å². The molecule has 2 aromatic rings. The maximum Gasteiger partial charge on any atom is 0.456 e. The van der Waals surface area contributed by atoms with Crippen molar-refractivity contribution in [2.24, 2.45) is 0 Å². The summed E-state index contributed by atoms with van der Waals surface area (Å²) in [6.07, 6.45) is -4.07. The Bertz CT molecular complexity index is 616. The number of carbonyl (C=O) groups excluding carboxylic acids is 1. The molecule has 0 radical (unpaired) electrons. The summed E-state index contributed by atoms with van der Waals surface area (Å²) < 4.78 is 37.8. The molecule has 2 rings (SSSR count). The van der Waals surface area contributed by atoms with Gasteiger partial charge in [-0.25, -0.2) is 4.68 Å². The van der Waals surface area contributed by atoms with Crippen LogP contribution in [0.4, 0.5) is 13.2 Å². The molecule has 8 heteroatoms. The minimum atomic E-state index is -4.98. The summed E-state index contributed by atoms with van der Waals surface area (Å²) >= 11 is 5.95. The van der Waals surface area contributed by atoms with Crippen molar-refractivity contribution in [2.75, 3.05) is 0 Å². The van der Waals surface area contributed by atoms with Crippen LogP contribution in [0.3, 0.4) is 0 Å². The summed E-state index contributed by atoms with van der Waals surface area (Å²) in [5.41, 5.74) is 0.313. The maximum absolute atomic E-state index is 12.3. The summed E-state index contributed by atoms with van der Waals surface area (Å²) in [4.78, 5) is 11.0. The molecule has 0 fully saturated rings. The standard InChI is InChI=1S/C11H7ClF3N3O/c1-6-3-2-4-7(12)9(6)18-5-8(16-17-18)10(19)11(13,14)15/h2-5H,1H3. The van der Waals surface area contributed by atoms with Crippen LogP contribution in [-0.2, 0) is 0 Å². The average molecular weight is 290 g/mol. The van der Waals surface area contributed by atoms with Gasteiger partial charge >= 0.3 is 6.18 Å². The van der Waals surface area contributed by atoms with Crippen molar-refractivity contribution in [1.82, 2.24) is 15.0 Å². The SMILES string of the molecule is Cc1cccc(Cl)c1-n1cc(C(=O)C(F)(F)F)nn1. The first-order valence-electron chi connectivity index (χ1n) is 5.10. The van der Waals surface area contributed by atoms with Gasteiger partial charge < -0.3 is 0 Å². The van der Waals surface area contributed by atoms with Crippen LogP contribution >= 0.6 is 11.6 Å². The van der Waals surface area contributed by atoms with Gasteiger partial charge in [0, 0.05) is 0 Å². The molecule has 0 atom stereocenters. The van der Waals surface area contributed by atoms with E-state index in [9.17, 15) is 18.0 Å². The van der Waals surface area contributed by atoms with Crippen molar-refractivity contribution in [3.63, 3.8) is 0 Å². The normalized spacial score (nSPS) is 11.6. The van der Waals surface area contributed by atoms with Gasteiger partial charge in [0.2, 0.25) is 0 Å². The van der Waals surface area contributed by atoms with E-state index in [4.69, 9.17) is 11.6 Å². The number of carbonyl (C=O) groups is 1. The quantitative estimate of drug-likeness (QED) is 0.799. The largest absolute Gasteiger partial charge is 0.456 e. The van der Waals surface area contributed by atoms with Crippen LogP contribution in [0.2, 0.25) is 5.02 Å². The molecule has 0 aliphatic rings. The summed E-state index contributed by atoms with van der Waals surface area (Å²) in [6, 6.07) is 4.98. The zero-order chi connectivity index (χ0) is 14.2.